The number of aromatic nitrogens is 5. The summed E-state index contributed by atoms with van der Waals surface area (Å²) in [6, 6.07) is 22.9. The van der Waals surface area contributed by atoms with Crippen LogP contribution in [0.4, 0.5) is 17.2 Å². The predicted molar refractivity (Wildman–Crippen MR) is 157 cm³/mol. The first kappa shape index (κ1) is 25.8. The first-order valence-corrected chi connectivity index (χ1v) is 13.1. The molecule has 0 radical (unpaired) electrons. The zero-order valence-electron chi connectivity index (χ0n) is 20.8. The van der Waals surface area contributed by atoms with Crippen LogP contribution in [0.3, 0.4) is 0 Å². The number of phenols is 1. The Morgan fingerprint density at radius 2 is 1.57 bits per heavy atom. The minimum absolute atomic E-state index is 0.00757. The van der Waals surface area contributed by atoms with Crippen LogP contribution in [0.5, 0.6) is 5.75 Å². The minimum atomic E-state index is -0.00757. The van der Waals surface area contributed by atoms with Gasteiger partial charge in [0.25, 0.3) is 0 Å². The van der Waals surface area contributed by atoms with Gasteiger partial charge in [0.05, 0.1) is 34.0 Å². The Morgan fingerprint density at radius 3 is 2.33 bits per heavy atom. The minimum Gasteiger partial charge on any atom is -0.507 e. The van der Waals surface area contributed by atoms with Gasteiger partial charge < -0.3 is 10.8 Å². The third-order valence-corrected chi connectivity index (χ3v) is 7.01. The van der Waals surface area contributed by atoms with E-state index in [1.165, 1.54) is 6.07 Å². The number of aromatic hydroxyl groups is 1. The van der Waals surface area contributed by atoms with Gasteiger partial charge in [0.15, 0.2) is 17.2 Å². The van der Waals surface area contributed by atoms with Gasteiger partial charge in [-0.05, 0) is 67.6 Å². The molecule has 6 aromatic rings. The highest BCUT2D eigenvalue weighted by Gasteiger charge is 2.24. The van der Waals surface area contributed by atoms with E-state index in [0.29, 0.717) is 54.7 Å². The van der Waals surface area contributed by atoms with Gasteiger partial charge >= 0.3 is 0 Å². The molecule has 3 heterocycles. The molecule has 6 rings (SSSR count). The van der Waals surface area contributed by atoms with Crippen LogP contribution < -0.4 is 5.73 Å². The summed E-state index contributed by atoms with van der Waals surface area (Å²) in [6.45, 7) is 1.84. The lowest BCUT2D eigenvalue weighted by molar-refractivity contribution is 0.477. The maximum absolute atomic E-state index is 10.7. The Hall–Kier alpha value is -4.44. The van der Waals surface area contributed by atoms with E-state index in [9.17, 15) is 5.11 Å². The lowest BCUT2D eigenvalue weighted by atomic mass is 10.1. The summed E-state index contributed by atoms with van der Waals surface area (Å²) in [6.07, 6.45) is 0. The van der Waals surface area contributed by atoms with Crippen molar-refractivity contribution in [2.24, 2.45) is 10.2 Å². The molecule has 0 unspecified atom stereocenters. The normalized spacial score (nSPS) is 11.6. The second-order valence-electron chi connectivity index (χ2n) is 8.83. The first-order valence-electron chi connectivity index (χ1n) is 12.0. The van der Waals surface area contributed by atoms with Gasteiger partial charge in [-0.15, -0.1) is 10.2 Å². The number of fused-ring (bicyclic) bond motifs is 1. The number of hydrogen-bond acceptors (Lipinski definition) is 7. The summed E-state index contributed by atoms with van der Waals surface area (Å²) in [5.74, 6) is 0.0926. The number of aryl methyl sites for hydroxylation is 1. The highest BCUT2D eigenvalue weighted by Crippen LogP contribution is 2.40. The van der Waals surface area contributed by atoms with Crippen molar-refractivity contribution >= 4 is 57.6 Å². The monoisotopic (exact) mass is 588 g/mol. The van der Waals surface area contributed by atoms with Crippen LogP contribution in [0.2, 0.25) is 15.2 Å². The molecule has 198 valence electrons. The average Bonchev–Trinajstić information content (AvgIpc) is 3.43. The van der Waals surface area contributed by atoms with E-state index in [1.807, 2.05) is 37.3 Å². The van der Waals surface area contributed by atoms with E-state index in [0.717, 1.165) is 5.69 Å². The van der Waals surface area contributed by atoms with Crippen LogP contribution in [0.15, 0.2) is 89.1 Å². The van der Waals surface area contributed by atoms with Crippen molar-refractivity contribution in [1.82, 2.24) is 24.4 Å². The molecule has 0 aliphatic carbocycles. The molecule has 0 amide bonds. The molecule has 0 aliphatic rings. The van der Waals surface area contributed by atoms with E-state index >= 15 is 0 Å². The maximum Gasteiger partial charge on any atom is 0.186 e. The molecular formula is C28H19Cl3N8O. The largest absolute Gasteiger partial charge is 0.507 e. The molecular weight excluding hydrogens is 571 g/mol. The summed E-state index contributed by atoms with van der Waals surface area (Å²) in [4.78, 5) is 4.76. The summed E-state index contributed by atoms with van der Waals surface area (Å²) in [7, 11) is 0. The second-order valence-corrected chi connectivity index (χ2v) is 10.1. The zero-order valence-corrected chi connectivity index (χ0v) is 23.1. The number of benzene rings is 3. The van der Waals surface area contributed by atoms with E-state index in [1.54, 1.807) is 51.7 Å². The molecule has 0 atom stereocenters. The van der Waals surface area contributed by atoms with Gasteiger partial charge in [-0.2, -0.15) is 10.2 Å². The molecule has 0 aliphatic heterocycles. The smallest absolute Gasteiger partial charge is 0.186 e. The van der Waals surface area contributed by atoms with Crippen molar-refractivity contribution < 1.29 is 5.11 Å². The SMILES string of the molecule is Cc1nn(-c2ccccc2)c(Cl)c1-c1cc(-c2cc(Cl)ccc2O)nc2c(N=Nc3ccc(Cl)cc3)c(N)nn12. The fourth-order valence-corrected chi connectivity index (χ4v) is 4.96. The van der Waals surface area contributed by atoms with Gasteiger partial charge in [-0.3, -0.25) is 0 Å². The topological polar surface area (TPSA) is 119 Å². The Bertz CT molecular complexity index is 1910. The number of anilines is 1. The van der Waals surface area contributed by atoms with Crippen LogP contribution in [0.1, 0.15) is 5.69 Å². The zero-order chi connectivity index (χ0) is 28.0. The molecule has 0 fully saturated rings. The number of nitrogen functional groups attached to an aromatic ring is 1. The van der Waals surface area contributed by atoms with E-state index < -0.39 is 0 Å². The number of rotatable bonds is 5. The number of para-hydroxylation sites is 1. The molecule has 0 spiro atoms. The van der Waals surface area contributed by atoms with Gasteiger partial charge in [-0.25, -0.2) is 14.2 Å². The van der Waals surface area contributed by atoms with Gasteiger partial charge in [-0.1, -0.05) is 53.0 Å². The van der Waals surface area contributed by atoms with Gasteiger partial charge in [0.1, 0.15) is 10.9 Å². The third-order valence-electron chi connectivity index (χ3n) is 6.18. The third kappa shape index (κ3) is 4.64. The maximum atomic E-state index is 10.7. The van der Waals surface area contributed by atoms with E-state index in [4.69, 9.17) is 45.5 Å². The van der Waals surface area contributed by atoms with Gasteiger partial charge in [0.2, 0.25) is 0 Å². The number of azo groups is 1. The highest BCUT2D eigenvalue weighted by atomic mass is 35.5. The lowest BCUT2D eigenvalue weighted by Crippen LogP contribution is -2.00. The van der Waals surface area contributed by atoms with Crippen LogP contribution in [0.25, 0.3) is 33.8 Å². The summed E-state index contributed by atoms with van der Waals surface area (Å²) in [5, 5.41) is 29.9. The fourth-order valence-electron chi connectivity index (χ4n) is 4.29. The lowest BCUT2D eigenvalue weighted by Gasteiger charge is -2.10. The van der Waals surface area contributed by atoms with Crippen LogP contribution in [-0.2, 0) is 0 Å². The molecule has 0 bridgehead atoms. The van der Waals surface area contributed by atoms with E-state index in [2.05, 4.69) is 20.4 Å². The predicted octanol–water partition coefficient (Wildman–Crippen LogP) is 8.22. The Kier molecular flexibility index (Phi) is 6.63. The van der Waals surface area contributed by atoms with Crippen molar-refractivity contribution in [1.29, 1.82) is 0 Å². The number of nitrogens with zero attached hydrogens (tertiary/aromatic N) is 7. The molecule has 12 heteroatoms. The number of halogens is 3. The molecule has 0 saturated heterocycles. The van der Waals surface area contributed by atoms with Crippen LogP contribution >= 0.6 is 34.8 Å². The van der Waals surface area contributed by atoms with Crippen molar-refractivity contribution in [2.45, 2.75) is 6.92 Å². The standard InChI is InChI=1S/C28H19Cl3N8O/c1-15-24(26(31)38(36-15)19-5-3-2-4-6-19)22-14-21(20-13-17(30)9-12-23(20)40)33-28-25(27(32)37-39(22)28)35-34-18-10-7-16(29)8-11-18/h2-14,40H,1H3,(H2,32,37). The first-order chi connectivity index (χ1) is 19.3. The summed E-state index contributed by atoms with van der Waals surface area (Å²) in [5.41, 5.74) is 10.8. The van der Waals surface area contributed by atoms with E-state index in [-0.39, 0.29) is 17.3 Å². The van der Waals surface area contributed by atoms with Crippen molar-refractivity contribution in [2.75, 3.05) is 5.73 Å². The highest BCUT2D eigenvalue weighted by molar-refractivity contribution is 6.32. The Balaban J connectivity index is 1.61. The molecule has 3 aromatic carbocycles. The van der Waals surface area contributed by atoms with Crippen molar-refractivity contribution in [3.63, 3.8) is 0 Å². The Morgan fingerprint density at radius 1 is 0.850 bits per heavy atom. The van der Waals surface area contributed by atoms with Crippen molar-refractivity contribution in [3.8, 4) is 34.0 Å². The summed E-state index contributed by atoms with van der Waals surface area (Å²) >= 11 is 19.2. The molecule has 3 aromatic heterocycles. The second kappa shape index (κ2) is 10.3. The fraction of sp³-hybridized carbons (Fsp3) is 0.0357. The summed E-state index contributed by atoms with van der Waals surface area (Å²) < 4.78 is 3.19. The van der Waals surface area contributed by atoms with Crippen LogP contribution in [0, 0.1) is 6.92 Å². The quantitative estimate of drug-likeness (QED) is 0.196. The number of phenolic OH excluding ortho intramolecular Hbond substituents is 1. The molecule has 3 N–H and O–H groups in total. The number of nitrogens with two attached hydrogens (primary N) is 1. The Labute approximate surface area is 243 Å². The number of hydrogen-bond donors (Lipinski definition) is 2. The molecule has 40 heavy (non-hydrogen) atoms. The molecule has 9 nitrogen and oxygen atoms in total. The van der Waals surface area contributed by atoms with Crippen molar-refractivity contribution in [3.05, 3.63) is 99.8 Å². The molecule has 0 saturated carbocycles. The average molecular weight is 590 g/mol. The van der Waals surface area contributed by atoms with Crippen LogP contribution in [-0.4, -0.2) is 29.5 Å². The van der Waals surface area contributed by atoms with Gasteiger partial charge in [0, 0.05) is 15.6 Å².